The highest BCUT2D eigenvalue weighted by Crippen LogP contribution is 2.37. The third-order valence-corrected chi connectivity index (χ3v) is 4.59. The van der Waals surface area contributed by atoms with Crippen LogP contribution in [0.15, 0.2) is 6.07 Å². The monoisotopic (exact) mass is 339 g/mol. The normalized spacial score (nSPS) is 16.1. The molecule has 7 nitrogen and oxygen atoms in total. The summed E-state index contributed by atoms with van der Waals surface area (Å²) in [7, 11) is 0. The van der Waals surface area contributed by atoms with Crippen molar-refractivity contribution < 1.29 is 9.53 Å². The lowest BCUT2D eigenvalue weighted by molar-refractivity contribution is -0.148. The van der Waals surface area contributed by atoms with E-state index in [0.29, 0.717) is 42.7 Å². The topological polar surface area (TPSA) is 118 Å². The van der Waals surface area contributed by atoms with Crippen LogP contribution in [0.5, 0.6) is 0 Å². The number of nitriles is 1. The summed E-state index contributed by atoms with van der Waals surface area (Å²) < 4.78 is 5.17. The maximum atomic E-state index is 12.2. The second-order valence-electron chi connectivity index (χ2n) is 6.11. The molecular formula is C18H21N5O2. The number of nitrogens with zero attached hydrogens (tertiary/aromatic N) is 3. The van der Waals surface area contributed by atoms with E-state index in [4.69, 9.17) is 10.5 Å². The predicted octanol–water partition coefficient (Wildman–Crippen LogP) is 2.16. The third kappa shape index (κ3) is 3.07. The molecule has 1 aliphatic rings. The van der Waals surface area contributed by atoms with E-state index < -0.39 is 0 Å². The lowest BCUT2D eigenvalue weighted by Crippen LogP contribution is -2.26. The summed E-state index contributed by atoms with van der Waals surface area (Å²) >= 11 is 0. The fraction of sp³-hybridized carbons (Fsp3) is 0.444. The second kappa shape index (κ2) is 6.93. The van der Waals surface area contributed by atoms with E-state index >= 15 is 0 Å². The molecule has 0 spiro atoms. The minimum absolute atomic E-state index is 0.203. The van der Waals surface area contributed by atoms with Crippen LogP contribution in [0.3, 0.4) is 0 Å². The molecule has 130 valence electrons. The van der Waals surface area contributed by atoms with Crippen LogP contribution < -0.4 is 5.73 Å². The zero-order valence-electron chi connectivity index (χ0n) is 14.4. The molecule has 25 heavy (non-hydrogen) atoms. The van der Waals surface area contributed by atoms with E-state index in [1.165, 1.54) is 0 Å². The van der Waals surface area contributed by atoms with Gasteiger partial charge in [-0.3, -0.25) is 9.89 Å². The van der Waals surface area contributed by atoms with Crippen molar-refractivity contribution in [3.05, 3.63) is 28.6 Å². The Hall–Kier alpha value is -2.88. The Balaban J connectivity index is 2.12. The first-order valence-electron chi connectivity index (χ1n) is 8.51. The van der Waals surface area contributed by atoms with Gasteiger partial charge in [0.2, 0.25) is 0 Å². The molecule has 2 aromatic heterocycles. The number of nitrogen functional groups attached to an aromatic ring is 1. The number of ether oxygens (including phenoxy) is 1. The van der Waals surface area contributed by atoms with E-state index in [1.807, 2.05) is 13.0 Å². The van der Waals surface area contributed by atoms with Gasteiger partial charge in [-0.25, -0.2) is 4.98 Å². The van der Waals surface area contributed by atoms with E-state index in [9.17, 15) is 10.1 Å². The van der Waals surface area contributed by atoms with Gasteiger partial charge in [-0.05, 0) is 44.2 Å². The van der Waals surface area contributed by atoms with Crippen LogP contribution in [0.2, 0.25) is 0 Å². The van der Waals surface area contributed by atoms with Crippen molar-refractivity contribution in [3.8, 4) is 17.3 Å². The Morgan fingerprint density at radius 2 is 2.32 bits per heavy atom. The lowest BCUT2D eigenvalue weighted by Gasteiger charge is -2.25. The molecule has 0 radical (unpaired) electrons. The molecule has 2 heterocycles. The first-order valence-corrected chi connectivity index (χ1v) is 8.51. The summed E-state index contributed by atoms with van der Waals surface area (Å²) in [5, 5.41) is 16.9. The highest BCUT2D eigenvalue weighted by atomic mass is 16.5. The van der Waals surface area contributed by atoms with Gasteiger partial charge in [0.25, 0.3) is 0 Å². The summed E-state index contributed by atoms with van der Waals surface area (Å²) in [6.07, 6.45) is 2.60. The van der Waals surface area contributed by atoms with Crippen molar-refractivity contribution in [2.45, 2.75) is 39.5 Å². The number of aromatic nitrogens is 3. The van der Waals surface area contributed by atoms with E-state index in [1.54, 1.807) is 6.92 Å². The number of nitrogens with two attached hydrogens (primary N) is 1. The molecule has 0 saturated carbocycles. The van der Waals surface area contributed by atoms with Gasteiger partial charge in [0, 0.05) is 17.0 Å². The fourth-order valence-corrected chi connectivity index (χ4v) is 3.31. The molecule has 2 aromatic rings. The molecule has 0 aromatic carbocycles. The molecule has 3 rings (SSSR count). The van der Waals surface area contributed by atoms with Crippen LogP contribution in [0.25, 0.3) is 11.3 Å². The fourth-order valence-electron chi connectivity index (χ4n) is 3.31. The number of aryl methyl sites for hydroxylation is 2. The van der Waals surface area contributed by atoms with E-state index in [2.05, 4.69) is 21.3 Å². The number of nitrogens with one attached hydrogen (secondary N) is 1. The Morgan fingerprint density at radius 1 is 1.52 bits per heavy atom. The van der Waals surface area contributed by atoms with Crippen LogP contribution in [0.4, 0.5) is 5.82 Å². The molecular weight excluding hydrogens is 318 g/mol. The molecule has 0 saturated heterocycles. The number of hydrogen-bond acceptors (Lipinski definition) is 6. The number of H-pyrrole nitrogens is 1. The number of carbonyl (C=O) groups excluding carboxylic acids is 1. The minimum Gasteiger partial charge on any atom is -0.466 e. The smallest absolute Gasteiger partial charge is 0.309 e. The third-order valence-electron chi connectivity index (χ3n) is 4.59. The summed E-state index contributed by atoms with van der Waals surface area (Å²) in [6.45, 7) is 4.18. The highest BCUT2D eigenvalue weighted by molar-refractivity contribution is 5.79. The van der Waals surface area contributed by atoms with Crippen LogP contribution in [-0.2, 0) is 28.8 Å². The summed E-state index contributed by atoms with van der Waals surface area (Å²) in [5.74, 6) is -0.217. The van der Waals surface area contributed by atoms with Gasteiger partial charge in [0.15, 0.2) is 0 Å². The largest absolute Gasteiger partial charge is 0.466 e. The first kappa shape index (κ1) is 17.0. The lowest BCUT2D eigenvalue weighted by atomic mass is 9.82. The van der Waals surface area contributed by atoms with Gasteiger partial charge in [-0.2, -0.15) is 10.4 Å². The van der Waals surface area contributed by atoms with Crippen molar-refractivity contribution in [3.63, 3.8) is 0 Å². The highest BCUT2D eigenvalue weighted by Gasteiger charge is 2.31. The van der Waals surface area contributed by atoms with Crippen molar-refractivity contribution >= 4 is 11.8 Å². The average molecular weight is 339 g/mol. The van der Waals surface area contributed by atoms with Crippen molar-refractivity contribution in [2.24, 2.45) is 5.92 Å². The molecule has 1 atom stereocenters. The average Bonchev–Trinajstić information content (AvgIpc) is 3.09. The quantitative estimate of drug-likeness (QED) is 0.824. The van der Waals surface area contributed by atoms with Crippen molar-refractivity contribution in [1.82, 2.24) is 15.2 Å². The molecule has 1 unspecified atom stereocenters. The SMILES string of the molecule is CCOC(=O)C1CCc2nc(N)c(C#N)c(-c3cc(CC)[nH]n3)c2C1. The van der Waals surface area contributed by atoms with Gasteiger partial charge < -0.3 is 10.5 Å². The molecule has 1 aliphatic carbocycles. The number of pyridine rings is 1. The van der Waals surface area contributed by atoms with E-state index in [-0.39, 0.29) is 17.7 Å². The van der Waals surface area contributed by atoms with Gasteiger partial charge in [-0.15, -0.1) is 0 Å². The van der Waals surface area contributed by atoms with Gasteiger partial charge in [-0.1, -0.05) is 6.92 Å². The zero-order chi connectivity index (χ0) is 18.0. The Labute approximate surface area is 146 Å². The Kier molecular flexibility index (Phi) is 4.70. The number of hydrogen-bond donors (Lipinski definition) is 2. The maximum Gasteiger partial charge on any atom is 0.309 e. The molecule has 3 N–H and O–H groups in total. The Morgan fingerprint density at radius 3 is 2.96 bits per heavy atom. The number of carbonyl (C=O) groups is 1. The van der Waals surface area contributed by atoms with Gasteiger partial charge in [0.05, 0.1) is 18.2 Å². The minimum atomic E-state index is -0.229. The van der Waals surface area contributed by atoms with Crippen LogP contribution >= 0.6 is 0 Å². The summed E-state index contributed by atoms with van der Waals surface area (Å²) in [6, 6.07) is 4.07. The van der Waals surface area contributed by atoms with Crippen LogP contribution in [0, 0.1) is 17.2 Å². The molecule has 0 fully saturated rings. The molecule has 0 amide bonds. The molecule has 7 heteroatoms. The summed E-state index contributed by atoms with van der Waals surface area (Å²) in [4.78, 5) is 16.6. The van der Waals surface area contributed by atoms with Crippen LogP contribution in [0.1, 0.15) is 42.8 Å². The van der Waals surface area contributed by atoms with Crippen LogP contribution in [-0.4, -0.2) is 27.8 Å². The number of anilines is 1. The molecule has 0 bridgehead atoms. The number of esters is 1. The second-order valence-corrected chi connectivity index (χ2v) is 6.11. The van der Waals surface area contributed by atoms with Gasteiger partial charge in [0.1, 0.15) is 17.5 Å². The number of rotatable bonds is 4. The standard InChI is InChI=1S/C18H21N5O2/c1-3-11-8-15(23-22-11)16-12-7-10(18(24)25-4-2)5-6-14(12)21-17(20)13(16)9-19/h8,10H,3-7H2,1-2H3,(H2,20,21)(H,22,23). The zero-order valence-corrected chi connectivity index (χ0v) is 14.4. The van der Waals surface area contributed by atoms with Crippen molar-refractivity contribution in [2.75, 3.05) is 12.3 Å². The Bertz CT molecular complexity index is 850. The first-order chi connectivity index (χ1) is 12.1. The van der Waals surface area contributed by atoms with E-state index in [0.717, 1.165) is 23.4 Å². The molecule has 0 aliphatic heterocycles. The maximum absolute atomic E-state index is 12.2. The summed E-state index contributed by atoms with van der Waals surface area (Å²) in [5.41, 5.74) is 10.4. The van der Waals surface area contributed by atoms with Crippen molar-refractivity contribution in [1.29, 1.82) is 5.26 Å². The number of fused-ring (bicyclic) bond motifs is 1. The predicted molar refractivity (Wildman–Crippen MR) is 92.5 cm³/mol. The number of aromatic amines is 1. The van der Waals surface area contributed by atoms with Gasteiger partial charge >= 0.3 is 5.97 Å².